The van der Waals surface area contributed by atoms with Crippen LogP contribution in [-0.4, -0.2) is 33.3 Å². The molecular formula is C60H49N5O4S. The van der Waals surface area contributed by atoms with Crippen molar-refractivity contribution in [3.8, 4) is 44.5 Å². The minimum atomic E-state index is -4.15. The van der Waals surface area contributed by atoms with Crippen LogP contribution < -0.4 is 0 Å². The number of nitro groups is 1. The number of nitrogens with one attached hydrogen (secondary N) is 2. The molecule has 8 bridgehead atoms. The molecule has 1 unspecified atom stereocenters. The van der Waals surface area contributed by atoms with Crippen molar-refractivity contribution in [3.63, 3.8) is 0 Å². The molecule has 0 saturated heterocycles. The van der Waals surface area contributed by atoms with Crippen LogP contribution in [0.3, 0.4) is 0 Å². The predicted octanol–water partition coefficient (Wildman–Crippen LogP) is 15.4. The summed E-state index contributed by atoms with van der Waals surface area (Å²) in [6.45, 7) is 9.75. The second-order valence-corrected chi connectivity index (χ2v) is 19.7. The lowest BCUT2D eigenvalue weighted by Crippen LogP contribution is -2.16. The summed E-state index contributed by atoms with van der Waals surface area (Å²) in [5.74, 6) is 0. The summed E-state index contributed by atoms with van der Waals surface area (Å²) in [7, 11) is -4.15. The molecule has 0 fully saturated rings. The highest BCUT2D eigenvalue weighted by atomic mass is 32.2. The first kappa shape index (κ1) is 45.3. The van der Waals surface area contributed by atoms with Crippen LogP contribution in [0.2, 0.25) is 0 Å². The average Bonchev–Trinajstić information content (AvgIpc) is 4.24. The Hall–Kier alpha value is -8.47. The van der Waals surface area contributed by atoms with E-state index in [1.807, 2.05) is 91.9 Å². The van der Waals surface area contributed by atoms with Gasteiger partial charge in [0, 0.05) is 56.0 Å². The number of benzene rings is 5. The molecule has 8 aromatic rings. The van der Waals surface area contributed by atoms with Gasteiger partial charge in [0.2, 0.25) is 0 Å². The van der Waals surface area contributed by atoms with E-state index in [-0.39, 0.29) is 22.6 Å². The molecule has 2 N–H and O–H groups in total. The van der Waals surface area contributed by atoms with E-state index in [9.17, 15) is 18.5 Å². The van der Waals surface area contributed by atoms with E-state index in [1.54, 1.807) is 42.5 Å². The number of sulfone groups is 1. The molecule has 0 radical (unpaired) electrons. The number of allylic oxidation sites excluding steroid dienone is 2. The van der Waals surface area contributed by atoms with Gasteiger partial charge in [-0.1, -0.05) is 140 Å². The SMILES string of the molecule is C=CC(=C)CCCCC(c1cc(-c2c3nc(c(-c4ccccc4)c4ccc([nH]4)c(-c4ccccc4)c4nc(c(-c5ccccc5)c5ccc2[nH]5)C=C4)C=C3)ccc1[N+](=O)[O-])S(=O)(=O)c1ccc(C)cc1. The zero-order valence-electron chi connectivity index (χ0n) is 38.6. The van der Waals surface area contributed by atoms with E-state index >= 15 is 0 Å². The molecule has 5 aromatic carbocycles. The fourth-order valence-electron chi connectivity index (χ4n) is 9.52. The second kappa shape index (κ2) is 19.3. The van der Waals surface area contributed by atoms with Crippen molar-refractivity contribution < 1.29 is 13.3 Å². The first-order valence-corrected chi connectivity index (χ1v) is 24.8. The second-order valence-electron chi connectivity index (χ2n) is 17.6. The largest absolute Gasteiger partial charge is 0.354 e. The van der Waals surface area contributed by atoms with Crippen LogP contribution in [0.25, 0.3) is 90.9 Å². The van der Waals surface area contributed by atoms with Gasteiger partial charge in [-0.15, -0.1) is 0 Å². The van der Waals surface area contributed by atoms with Gasteiger partial charge in [0.05, 0.1) is 37.8 Å². The summed E-state index contributed by atoms with van der Waals surface area (Å²) in [4.78, 5) is 30.9. The minimum Gasteiger partial charge on any atom is -0.354 e. The van der Waals surface area contributed by atoms with Gasteiger partial charge in [0.25, 0.3) is 5.69 Å². The molecule has 1 atom stereocenters. The summed E-state index contributed by atoms with van der Waals surface area (Å²) in [6.07, 6.45) is 11.6. The van der Waals surface area contributed by atoms with Crippen LogP contribution in [0.15, 0.2) is 187 Å². The summed E-state index contributed by atoms with van der Waals surface area (Å²) in [6, 6.07) is 50.1. The number of unbranched alkanes of at least 4 members (excludes halogenated alkanes) is 1. The van der Waals surface area contributed by atoms with Crippen LogP contribution in [0, 0.1) is 17.0 Å². The fraction of sp³-hybridized carbons (Fsp3) is 0.100. The van der Waals surface area contributed by atoms with Gasteiger partial charge < -0.3 is 9.97 Å². The van der Waals surface area contributed by atoms with Gasteiger partial charge in [0.1, 0.15) is 0 Å². The number of aryl methyl sites for hydroxylation is 1. The minimum absolute atomic E-state index is 0.102. The molecule has 344 valence electrons. The Morgan fingerprint density at radius 3 is 1.44 bits per heavy atom. The normalized spacial score (nSPS) is 12.5. The number of hydrogen-bond acceptors (Lipinski definition) is 6. The Labute approximate surface area is 407 Å². The monoisotopic (exact) mass is 935 g/mol. The molecule has 2 aliphatic heterocycles. The summed E-state index contributed by atoms with van der Waals surface area (Å²) in [5.41, 5.74) is 14.4. The maximum absolute atomic E-state index is 14.9. The van der Waals surface area contributed by atoms with Crippen LogP contribution in [0.5, 0.6) is 0 Å². The van der Waals surface area contributed by atoms with Crippen molar-refractivity contribution in [2.45, 2.75) is 42.8 Å². The molecule has 0 amide bonds. The van der Waals surface area contributed by atoms with Crippen LogP contribution in [0.4, 0.5) is 5.69 Å². The quantitative estimate of drug-likeness (QED) is 0.0482. The van der Waals surface area contributed by atoms with Crippen molar-refractivity contribution in [1.82, 2.24) is 19.9 Å². The number of fused-ring (bicyclic) bond motifs is 8. The highest BCUT2D eigenvalue weighted by molar-refractivity contribution is 7.91. The van der Waals surface area contributed by atoms with E-state index in [0.717, 1.165) is 72.5 Å². The average molecular weight is 936 g/mol. The molecule has 0 spiro atoms. The van der Waals surface area contributed by atoms with Gasteiger partial charge in [0.15, 0.2) is 9.84 Å². The van der Waals surface area contributed by atoms with Gasteiger partial charge >= 0.3 is 0 Å². The van der Waals surface area contributed by atoms with Gasteiger partial charge in [-0.2, -0.15) is 0 Å². The first-order chi connectivity index (χ1) is 34.1. The maximum Gasteiger partial charge on any atom is 0.273 e. The zero-order valence-corrected chi connectivity index (χ0v) is 39.4. The number of aromatic nitrogens is 4. The lowest BCUT2D eigenvalue weighted by molar-refractivity contribution is -0.385. The molecule has 3 aromatic heterocycles. The number of hydrogen-bond donors (Lipinski definition) is 2. The Balaban J connectivity index is 1.29. The molecule has 70 heavy (non-hydrogen) atoms. The summed E-state index contributed by atoms with van der Waals surface area (Å²) in [5, 5.41) is 11.8. The van der Waals surface area contributed by atoms with Crippen molar-refractivity contribution in [3.05, 3.63) is 227 Å². The maximum atomic E-state index is 14.9. The molecule has 0 aliphatic carbocycles. The molecule has 10 heteroatoms. The van der Waals surface area contributed by atoms with Crippen LogP contribution >= 0.6 is 0 Å². The lowest BCUT2D eigenvalue weighted by atomic mass is 9.96. The molecule has 5 heterocycles. The van der Waals surface area contributed by atoms with E-state index in [2.05, 4.69) is 77.7 Å². The molecular weight excluding hydrogens is 887 g/mol. The van der Waals surface area contributed by atoms with Crippen molar-refractivity contribution >= 4 is 61.9 Å². The van der Waals surface area contributed by atoms with E-state index in [1.165, 1.54) is 6.07 Å². The Kier molecular flexibility index (Phi) is 12.5. The molecule has 10 rings (SSSR count). The Morgan fingerprint density at radius 1 is 0.600 bits per heavy atom. The van der Waals surface area contributed by atoms with Crippen LogP contribution in [0.1, 0.15) is 64.8 Å². The standard InChI is InChI=1S/C60H49N5O4S/c1-4-39(2)16-14-15-23-56(70(68,69)45-27-24-40(3)25-28-45)46-38-44(26-37-55(46)65(66)67)60-53-35-33-51(63-53)58(42-19-10-6-11-20-42)49-31-29-47(61-49)57(41-17-8-5-9-18-41)48-30-32-50(62-48)59(43-21-12-7-13-22-43)52-34-36-54(60)64-52/h4-13,17-22,24-38,56,61,64H,1-2,14-16,23H2,3H3. The highest BCUT2D eigenvalue weighted by Gasteiger charge is 2.35. The number of nitro benzene ring substituents is 1. The van der Waals surface area contributed by atoms with Crippen molar-refractivity contribution in [1.29, 1.82) is 0 Å². The van der Waals surface area contributed by atoms with E-state index in [4.69, 9.17) is 9.97 Å². The fourth-order valence-corrected chi connectivity index (χ4v) is 11.4. The highest BCUT2D eigenvalue weighted by Crippen LogP contribution is 2.43. The summed E-state index contributed by atoms with van der Waals surface area (Å²) < 4.78 is 29.8. The smallest absolute Gasteiger partial charge is 0.273 e. The summed E-state index contributed by atoms with van der Waals surface area (Å²) >= 11 is 0. The molecule has 9 nitrogen and oxygen atoms in total. The third kappa shape index (κ3) is 8.88. The third-order valence-electron chi connectivity index (χ3n) is 13.0. The van der Waals surface area contributed by atoms with E-state index in [0.29, 0.717) is 47.3 Å². The first-order valence-electron chi connectivity index (χ1n) is 23.3. The lowest BCUT2D eigenvalue weighted by Gasteiger charge is -2.20. The number of nitrogens with zero attached hydrogens (tertiary/aromatic N) is 3. The number of aromatic amines is 2. The number of rotatable bonds is 14. The van der Waals surface area contributed by atoms with Crippen LogP contribution in [-0.2, 0) is 9.84 Å². The predicted molar refractivity (Wildman–Crippen MR) is 286 cm³/mol. The van der Waals surface area contributed by atoms with Gasteiger partial charge in [-0.3, -0.25) is 10.1 Å². The topological polar surface area (TPSA) is 135 Å². The van der Waals surface area contributed by atoms with Crippen molar-refractivity contribution in [2.75, 3.05) is 0 Å². The number of H-pyrrole nitrogens is 2. The molecule has 0 saturated carbocycles. The van der Waals surface area contributed by atoms with Gasteiger partial charge in [-0.25, -0.2) is 18.4 Å². The van der Waals surface area contributed by atoms with Gasteiger partial charge in [-0.05, 0) is 121 Å². The van der Waals surface area contributed by atoms with Crippen molar-refractivity contribution in [2.24, 2.45) is 0 Å². The van der Waals surface area contributed by atoms with E-state index < -0.39 is 20.0 Å². The Morgan fingerprint density at radius 2 is 1.03 bits per heavy atom. The Bertz CT molecular complexity index is 3650. The third-order valence-corrected chi connectivity index (χ3v) is 15.2. The molecule has 2 aliphatic rings. The zero-order chi connectivity index (χ0) is 48.4.